The minimum Gasteiger partial charge on any atom is -0.339 e. The van der Waals surface area contributed by atoms with Gasteiger partial charge in [-0.2, -0.15) is 0 Å². The maximum Gasteiger partial charge on any atom is 0.225 e. The second kappa shape index (κ2) is 8.41. The lowest BCUT2D eigenvalue weighted by Crippen LogP contribution is -2.47. The third-order valence-corrected chi connectivity index (χ3v) is 6.00. The van der Waals surface area contributed by atoms with Crippen molar-refractivity contribution < 1.29 is 4.79 Å². The summed E-state index contributed by atoms with van der Waals surface area (Å²) in [5, 5.41) is 0.949. The van der Waals surface area contributed by atoms with E-state index in [1.54, 1.807) is 0 Å². The van der Waals surface area contributed by atoms with Crippen molar-refractivity contribution in [3.63, 3.8) is 0 Å². The van der Waals surface area contributed by atoms with Crippen molar-refractivity contribution in [1.82, 2.24) is 4.90 Å². The molecule has 2 nitrogen and oxygen atoms in total. The minimum atomic E-state index is 0.326. The molecule has 1 saturated carbocycles. The minimum absolute atomic E-state index is 0.326. The molecular formula is C17H30BrNO. The Morgan fingerprint density at radius 3 is 2.55 bits per heavy atom. The Balaban J connectivity index is 1.81. The van der Waals surface area contributed by atoms with E-state index in [-0.39, 0.29) is 0 Å². The van der Waals surface area contributed by atoms with Crippen molar-refractivity contribution in [1.29, 1.82) is 0 Å². The number of unbranched alkanes of at least 4 members (excludes halogenated alkanes) is 1. The second-order valence-electron chi connectivity index (χ2n) is 6.70. The number of likely N-dealkylation sites (tertiary alicyclic amines) is 1. The predicted molar refractivity (Wildman–Crippen MR) is 88.1 cm³/mol. The molecule has 0 aromatic rings. The zero-order valence-electron chi connectivity index (χ0n) is 13.0. The topological polar surface area (TPSA) is 20.3 Å². The molecule has 1 amide bonds. The first-order valence-corrected chi connectivity index (χ1v) is 9.74. The quantitative estimate of drug-likeness (QED) is 0.659. The Hall–Kier alpha value is -0.0500. The SMILES string of the molecule is CCCCC1CCC(C(=O)N2CCCCC2CBr)CC1. The summed E-state index contributed by atoms with van der Waals surface area (Å²) < 4.78 is 0. The van der Waals surface area contributed by atoms with Gasteiger partial charge < -0.3 is 4.90 Å². The highest BCUT2D eigenvalue weighted by atomic mass is 79.9. The number of amides is 1. The van der Waals surface area contributed by atoms with Crippen molar-refractivity contribution in [3.05, 3.63) is 0 Å². The molecule has 1 saturated heterocycles. The van der Waals surface area contributed by atoms with E-state index in [1.165, 1.54) is 51.4 Å². The number of nitrogens with zero attached hydrogens (tertiary/aromatic N) is 1. The lowest BCUT2D eigenvalue weighted by molar-refractivity contribution is -0.140. The first kappa shape index (κ1) is 16.3. The number of alkyl halides is 1. The van der Waals surface area contributed by atoms with Gasteiger partial charge in [-0.1, -0.05) is 42.1 Å². The molecule has 1 aliphatic carbocycles. The van der Waals surface area contributed by atoms with E-state index in [2.05, 4.69) is 27.8 Å². The van der Waals surface area contributed by atoms with Crippen LogP contribution in [0.5, 0.6) is 0 Å². The summed E-state index contributed by atoms with van der Waals surface area (Å²) in [6.45, 7) is 3.26. The molecule has 1 heterocycles. The fourth-order valence-electron chi connectivity index (χ4n) is 3.88. The van der Waals surface area contributed by atoms with E-state index < -0.39 is 0 Å². The Kier molecular flexibility index (Phi) is 6.86. The average molecular weight is 344 g/mol. The van der Waals surface area contributed by atoms with Gasteiger partial charge >= 0.3 is 0 Å². The Bertz CT molecular complexity index is 299. The largest absolute Gasteiger partial charge is 0.339 e. The van der Waals surface area contributed by atoms with E-state index in [1.807, 2.05) is 0 Å². The number of carbonyl (C=O) groups is 1. The normalized spacial score (nSPS) is 31.3. The highest BCUT2D eigenvalue weighted by Gasteiger charge is 2.33. The summed E-state index contributed by atoms with van der Waals surface area (Å²) in [6, 6.07) is 0.453. The first-order valence-electron chi connectivity index (χ1n) is 8.62. The number of rotatable bonds is 5. The van der Waals surface area contributed by atoms with Crippen LogP contribution in [0.15, 0.2) is 0 Å². The van der Waals surface area contributed by atoms with Crippen LogP contribution in [0.25, 0.3) is 0 Å². The molecule has 1 atom stereocenters. The third kappa shape index (κ3) is 4.22. The van der Waals surface area contributed by atoms with Gasteiger partial charge in [-0.3, -0.25) is 4.79 Å². The summed E-state index contributed by atoms with van der Waals surface area (Å²) >= 11 is 3.59. The van der Waals surface area contributed by atoms with Gasteiger partial charge in [0, 0.05) is 23.8 Å². The highest BCUT2D eigenvalue weighted by Crippen LogP contribution is 2.34. The lowest BCUT2D eigenvalue weighted by atomic mass is 9.79. The van der Waals surface area contributed by atoms with Crippen LogP contribution in [-0.4, -0.2) is 28.7 Å². The van der Waals surface area contributed by atoms with Crippen LogP contribution < -0.4 is 0 Å². The van der Waals surface area contributed by atoms with E-state index in [0.29, 0.717) is 17.9 Å². The number of carbonyl (C=O) groups excluding carboxylic acids is 1. The molecule has 2 aliphatic rings. The molecule has 0 spiro atoms. The average Bonchev–Trinajstić information content (AvgIpc) is 2.52. The molecule has 0 N–H and O–H groups in total. The molecule has 0 aromatic carbocycles. The van der Waals surface area contributed by atoms with Crippen LogP contribution in [0.4, 0.5) is 0 Å². The molecule has 1 aliphatic heterocycles. The van der Waals surface area contributed by atoms with Crippen molar-refractivity contribution >= 4 is 21.8 Å². The summed E-state index contributed by atoms with van der Waals surface area (Å²) in [6.07, 6.45) is 12.5. The maximum absolute atomic E-state index is 12.7. The van der Waals surface area contributed by atoms with Crippen molar-refractivity contribution in [2.45, 2.75) is 77.2 Å². The summed E-state index contributed by atoms with van der Waals surface area (Å²) in [4.78, 5) is 14.9. The van der Waals surface area contributed by atoms with Crippen LogP contribution in [-0.2, 0) is 4.79 Å². The van der Waals surface area contributed by atoms with Crippen molar-refractivity contribution in [2.24, 2.45) is 11.8 Å². The zero-order chi connectivity index (χ0) is 14.4. The summed E-state index contributed by atoms with van der Waals surface area (Å²) in [5.41, 5.74) is 0. The Morgan fingerprint density at radius 1 is 1.15 bits per heavy atom. The number of halogens is 1. The van der Waals surface area contributed by atoms with Gasteiger partial charge in [0.2, 0.25) is 5.91 Å². The molecular weight excluding hydrogens is 314 g/mol. The first-order chi connectivity index (χ1) is 9.76. The molecule has 3 heteroatoms. The van der Waals surface area contributed by atoms with Gasteiger partial charge in [0.15, 0.2) is 0 Å². The lowest BCUT2D eigenvalue weighted by Gasteiger charge is -2.38. The van der Waals surface area contributed by atoms with Crippen molar-refractivity contribution in [3.8, 4) is 0 Å². The zero-order valence-corrected chi connectivity index (χ0v) is 14.5. The van der Waals surface area contributed by atoms with Crippen LogP contribution in [0.3, 0.4) is 0 Å². The van der Waals surface area contributed by atoms with Crippen LogP contribution in [0.1, 0.15) is 71.1 Å². The van der Waals surface area contributed by atoms with E-state index in [9.17, 15) is 4.79 Å². The molecule has 116 valence electrons. The van der Waals surface area contributed by atoms with Gasteiger partial charge in [0.25, 0.3) is 0 Å². The van der Waals surface area contributed by atoms with Crippen molar-refractivity contribution in [2.75, 3.05) is 11.9 Å². The van der Waals surface area contributed by atoms with Gasteiger partial charge in [-0.05, 0) is 50.9 Å². The molecule has 0 radical (unpaired) electrons. The van der Waals surface area contributed by atoms with Gasteiger partial charge in [-0.15, -0.1) is 0 Å². The van der Waals surface area contributed by atoms with E-state index in [0.717, 1.165) is 30.6 Å². The fraction of sp³-hybridized carbons (Fsp3) is 0.941. The smallest absolute Gasteiger partial charge is 0.225 e. The predicted octanol–water partition coefficient (Wildman–Crippen LogP) is 4.76. The fourth-order valence-corrected chi connectivity index (χ4v) is 4.55. The Labute approximate surface area is 132 Å². The molecule has 2 rings (SSSR count). The maximum atomic E-state index is 12.7. The van der Waals surface area contributed by atoms with Gasteiger partial charge in [0.05, 0.1) is 0 Å². The number of piperidine rings is 1. The highest BCUT2D eigenvalue weighted by molar-refractivity contribution is 9.09. The summed E-state index contributed by atoms with van der Waals surface area (Å²) in [5.74, 6) is 1.68. The number of hydrogen-bond donors (Lipinski definition) is 0. The van der Waals surface area contributed by atoms with Gasteiger partial charge in [-0.25, -0.2) is 0 Å². The van der Waals surface area contributed by atoms with E-state index >= 15 is 0 Å². The molecule has 0 bridgehead atoms. The van der Waals surface area contributed by atoms with E-state index in [4.69, 9.17) is 0 Å². The monoisotopic (exact) mass is 343 g/mol. The van der Waals surface area contributed by atoms with Crippen LogP contribution in [0, 0.1) is 11.8 Å². The van der Waals surface area contributed by atoms with Gasteiger partial charge in [0.1, 0.15) is 0 Å². The Morgan fingerprint density at radius 2 is 1.90 bits per heavy atom. The standard InChI is InChI=1S/C17H30BrNO/c1-2-3-6-14-8-10-15(11-9-14)17(20)19-12-5-4-7-16(19)13-18/h14-16H,2-13H2,1H3. The second-order valence-corrected chi connectivity index (χ2v) is 7.34. The molecule has 2 fully saturated rings. The van der Waals surface area contributed by atoms with Crippen LogP contribution >= 0.6 is 15.9 Å². The molecule has 1 unspecified atom stereocenters. The summed E-state index contributed by atoms with van der Waals surface area (Å²) in [7, 11) is 0. The number of hydrogen-bond acceptors (Lipinski definition) is 1. The molecule has 20 heavy (non-hydrogen) atoms. The van der Waals surface area contributed by atoms with Crippen LogP contribution in [0.2, 0.25) is 0 Å². The molecule has 0 aromatic heterocycles. The third-order valence-electron chi connectivity index (χ3n) is 5.25.